The Balaban J connectivity index is 2.74. The molecule has 0 aliphatic heterocycles. The van der Waals surface area contributed by atoms with E-state index in [0.29, 0.717) is 12.0 Å². The van der Waals surface area contributed by atoms with Gasteiger partial charge in [-0.05, 0) is 45.7 Å². The monoisotopic (exact) mass is 261 g/mol. The van der Waals surface area contributed by atoms with Crippen LogP contribution in [0.1, 0.15) is 44.0 Å². The zero-order valence-electron chi connectivity index (χ0n) is 11.8. The maximum absolute atomic E-state index is 11.6. The Morgan fingerprint density at radius 3 is 2.68 bits per heavy atom. The maximum Gasteiger partial charge on any atom is 0.306 e. The minimum atomic E-state index is -0.483. The van der Waals surface area contributed by atoms with Gasteiger partial charge in [0.05, 0.1) is 5.56 Å². The number of esters is 1. The summed E-state index contributed by atoms with van der Waals surface area (Å²) < 4.78 is 5.23. The largest absolute Gasteiger partial charge is 0.460 e. The molecule has 0 saturated heterocycles. The first kappa shape index (κ1) is 15.0. The molecule has 0 aromatic carbocycles. The summed E-state index contributed by atoms with van der Waals surface area (Å²) in [5.41, 5.74) is 7.05. The molecule has 0 spiro atoms. The molecule has 0 bridgehead atoms. The molecule has 1 heterocycles. The zero-order chi connectivity index (χ0) is 14.6. The lowest BCUT2D eigenvalue weighted by Gasteiger charge is -2.19. The van der Waals surface area contributed by atoms with E-state index in [1.807, 2.05) is 33.8 Å². The number of nitriles is 1. The van der Waals surface area contributed by atoms with Crippen molar-refractivity contribution in [3.63, 3.8) is 0 Å². The number of aromatic nitrogens is 1. The molecule has 0 unspecified atom stereocenters. The second kappa shape index (κ2) is 5.70. The Hall–Kier alpha value is -2.09. The molecule has 1 aromatic heterocycles. The van der Waals surface area contributed by atoms with Crippen LogP contribution in [-0.4, -0.2) is 16.6 Å². The number of carbonyl (C=O) groups is 1. The summed E-state index contributed by atoms with van der Waals surface area (Å²) >= 11 is 0. The van der Waals surface area contributed by atoms with Crippen molar-refractivity contribution in [3.05, 3.63) is 22.9 Å². The molecule has 1 rings (SSSR count). The van der Waals surface area contributed by atoms with Crippen LogP contribution in [0, 0.1) is 18.3 Å². The van der Waals surface area contributed by atoms with E-state index in [-0.39, 0.29) is 18.2 Å². The highest BCUT2D eigenvalue weighted by atomic mass is 16.6. The van der Waals surface area contributed by atoms with Crippen LogP contribution in [0.25, 0.3) is 0 Å². The highest BCUT2D eigenvalue weighted by Crippen LogP contribution is 2.16. The molecular formula is C14H19N3O2. The van der Waals surface area contributed by atoms with Gasteiger partial charge in [-0.3, -0.25) is 4.79 Å². The van der Waals surface area contributed by atoms with Gasteiger partial charge in [-0.25, -0.2) is 4.98 Å². The highest BCUT2D eigenvalue weighted by molar-refractivity contribution is 5.70. The number of hydrogen-bond donors (Lipinski definition) is 1. The van der Waals surface area contributed by atoms with Crippen molar-refractivity contribution >= 4 is 11.8 Å². The molecule has 5 nitrogen and oxygen atoms in total. The number of nitrogen functional groups attached to an aromatic ring is 1. The van der Waals surface area contributed by atoms with Crippen molar-refractivity contribution in [2.45, 2.75) is 46.1 Å². The van der Waals surface area contributed by atoms with Crippen molar-refractivity contribution < 1.29 is 9.53 Å². The number of hydrogen-bond acceptors (Lipinski definition) is 5. The number of nitrogens with two attached hydrogens (primary N) is 1. The lowest BCUT2D eigenvalue weighted by Crippen LogP contribution is -2.24. The molecule has 0 saturated carbocycles. The molecule has 0 atom stereocenters. The summed E-state index contributed by atoms with van der Waals surface area (Å²) in [5, 5.41) is 8.90. The molecule has 102 valence electrons. The van der Waals surface area contributed by atoms with Gasteiger partial charge in [0.15, 0.2) is 0 Å². The van der Waals surface area contributed by atoms with Crippen LogP contribution in [0.4, 0.5) is 5.82 Å². The third-order valence-corrected chi connectivity index (χ3v) is 2.49. The summed E-state index contributed by atoms with van der Waals surface area (Å²) in [6, 6.07) is 3.67. The minimum Gasteiger partial charge on any atom is -0.460 e. The molecule has 5 heteroatoms. The fraction of sp³-hybridized carbons (Fsp3) is 0.500. The molecule has 0 aliphatic carbocycles. The van der Waals surface area contributed by atoms with Crippen molar-refractivity contribution in [3.8, 4) is 6.07 Å². The van der Waals surface area contributed by atoms with Crippen LogP contribution in [0.15, 0.2) is 6.07 Å². The summed E-state index contributed by atoms with van der Waals surface area (Å²) in [4.78, 5) is 15.7. The van der Waals surface area contributed by atoms with Gasteiger partial charge in [-0.2, -0.15) is 5.26 Å². The number of pyridine rings is 1. The standard InChI is InChI=1S/C14H19N3O2/c1-9-10(7-11(8-15)13(16)17-9)5-6-12(18)19-14(2,3)4/h7H,5-6H2,1-4H3,(H2,16,17). The first-order valence-electron chi connectivity index (χ1n) is 6.11. The molecule has 19 heavy (non-hydrogen) atoms. The molecule has 0 aliphatic rings. The number of anilines is 1. The molecular weight excluding hydrogens is 242 g/mol. The van der Waals surface area contributed by atoms with Gasteiger partial charge in [0, 0.05) is 12.1 Å². The Morgan fingerprint density at radius 2 is 2.16 bits per heavy atom. The van der Waals surface area contributed by atoms with E-state index in [9.17, 15) is 4.79 Å². The van der Waals surface area contributed by atoms with Gasteiger partial charge in [-0.1, -0.05) is 0 Å². The Morgan fingerprint density at radius 1 is 1.53 bits per heavy atom. The van der Waals surface area contributed by atoms with Crippen LogP contribution >= 0.6 is 0 Å². The van der Waals surface area contributed by atoms with Crippen LogP contribution in [0.2, 0.25) is 0 Å². The predicted octanol–water partition coefficient (Wildman–Crippen LogP) is 2.12. The van der Waals surface area contributed by atoms with Gasteiger partial charge in [0.25, 0.3) is 0 Å². The third kappa shape index (κ3) is 4.59. The van der Waals surface area contributed by atoms with Gasteiger partial charge < -0.3 is 10.5 Å². The van der Waals surface area contributed by atoms with E-state index >= 15 is 0 Å². The van der Waals surface area contributed by atoms with E-state index in [2.05, 4.69) is 4.98 Å². The van der Waals surface area contributed by atoms with Crippen molar-refractivity contribution in [1.29, 1.82) is 5.26 Å². The van der Waals surface area contributed by atoms with E-state index < -0.39 is 5.60 Å². The van der Waals surface area contributed by atoms with Crippen LogP contribution in [0.3, 0.4) is 0 Å². The summed E-state index contributed by atoms with van der Waals surface area (Å²) in [6.45, 7) is 7.29. The Labute approximate surface area is 113 Å². The fourth-order valence-electron chi connectivity index (χ4n) is 1.64. The molecule has 0 fully saturated rings. The molecule has 2 N–H and O–H groups in total. The third-order valence-electron chi connectivity index (χ3n) is 2.49. The topological polar surface area (TPSA) is 89.0 Å². The average molecular weight is 261 g/mol. The van der Waals surface area contributed by atoms with Crippen molar-refractivity contribution in [2.75, 3.05) is 5.73 Å². The SMILES string of the molecule is Cc1nc(N)c(C#N)cc1CCC(=O)OC(C)(C)C. The predicted molar refractivity (Wildman–Crippen MR) is 72.3 cm³/mol. The van der Waals surface area contributed by atoms with E-state index in [1.165, 1.54) is 0 Å². The normalized spacial score (nSPS) is 10.9. The van der Waals surface area contributed by atoms with Crippen molar-refractivity contribution in [2.24, 2.45) is 0 Å². The second-order valence-corrected chi connectivity index (χ2v) is 5.36. The summed E-state index contributed by atoms with van der Waals surface area (Å²) in [6.07, 6.45) is 0.747. The first-order valence-corrected chi connectivity index (χ1v) is 6.11. The number of rotatable bonds is 3. The summed E-state index contributed by atoms with van der Waals surface area (Å²) in [7, 11) is 0. The van der Waals surface area contributed by atoms with Gasteiger partial charge >= 0.3 is 5.97 Å². The van der Waals surface area contributed by atoms with Gasteiger partial charge in [0.1, 0.15) is 17.5 Å². The Bertz CT molecular complexity index is 525. The minimum absolute atomic E-state index is 0.223. The van der Waals surface area contributed by atoms with Crippen LogP contribution in [-0.2, 0) is 16.0 Å². The first-order chi connectivity index (χ1) is 8.73. The Kier molecular flexibility index (Phi) is 4.49. The number of ether oxygens (including phenoxy) is 1. The maximum atomic E-state index is 11.6. The molecule has 0 amide bonds. The van der Waals surface area contributed by atoms with E-state index in [4.69, 9.17) is 15.7 Å². The van der Waals surface area contributed by atoms with E-state index in [1.54, 1.807) is 6.07 Å². The molecule has 0 radical (unpaired) electrons. The average Bonchev–Trinajstić information content (AvgIpc) is 2.25. The van der Waals surface area contributed by atoms with Crippen molar-refractivity contribution in [1.82, 2.24) is 4.98 Å². The smallest absolute Gasteiger partial charge is 0.306 e. The highest BCUT2D eigenvalue weighted by Gasteiger charge is 2.16. The quantitative estimate of drug-likeness (QED) is 0.842. The molecule has 1 aromatic rings. The van der Waals surface area contributed by atoms with Gasteiger partial charge in [-0.15, -0.1) is 0 Å². The summed E-state index contributed by atoms with van der Waals surface area (Å²) in [5.74, 6) is -0.0387. The number of nitrogens with zero attached hydrogens (tertiary/aromatic N) is 2. The van der Waals surface area contributed by atoms with Crippen LogP contribution < -0.4 is 5.73 Å². The number of carbonyl (C=O) groups excluding carboxylic acids is 1. The second-order valence-electron chi connectivity index (χ2n) is 5.36. The van der Waals surface area contributed by atoms with Gasteiger partial charge in [0.2, 0.25) is 0 Å². The lowest BCUT2D eigenvalue weighted by atomic mass is 10.1. The lowest BCUT2D eigenvalue weighted by molar-refractivity contribution is -0.154. The number of aryl methyl sites for hydroxylation is 2. The van der Waals surface area contributed by atoms with E-state index in [0.717, 1.165) is 11.3 Å². The zero-order valence-corrected chi connectivity index (χ0v) is 11.8. The fourth-order valence-corrected chi connectivity index (χ4v) is 1.64. The van der Waals surface area contributed by atoms with Crippen LogP contribution in [0.5, 0.6) is 0 Å².